The van der Waals surface area contributed by atoms with E-state index in [0.717, 1.165) is 28.0 Å². The van der Waals surface area contributed by atoms with Gasteiger partial charge in [0.2, 0.25) is 0 Å². The Bertz CT molecular complexity index is 885. The fourth-order valence-corrected chi connectivity index (χ4v) is 2.74. The van der Waals surface area contributed by atoms with Crippen molar-refractivity contribution < 1.29 is 9.88 Å². The molecule has 0 saturated carbocycles. The van der Waals surface area contributed by atoms with E-state index >= 15 is 0 Å². The molecule has 0 aliphatic carbocycles. The van der Waals surface area contributed by atoms with Crippen LogP contribution in [0.25, 0.3) is 11.3 Å². The lowest BCUT2D eigenvalue weighted by molar-refractivity contribution is -0.236. The summed E-state index contributed by atoms with van der Waals surface area (Å²) in [6.45, 7) is 0. The lowest BCUT2D eigenvalue weighted by Crippen LogP contribution is -2.13. The standard InChI is InChI=1S/C21H15NO2/c1-4-10-16(11-5-1)19-20(17-12-6-2-7-13-17)22-24-23-21(19)18-14-8-3-9-15-18/h1-15H. The number of rotatable bonds is 3. The largest absolute Gasteiger partial charge is 0.266 e. The SMILES string of the molecule is c1ccc(C2=NOOC(c3ccccc3)=C2c2ccccc2)cc1. The minimum absolute atomic E-state index is 0.663. The highest BCUT2D eigenvalue weighted by Gasteiger charge is 2.25. The van der Waals surface area contributed by atoms with Crippen LogP contribution in [0.4, 0.5) is 0 Å². The summed E-state index contributed by atoms with van der Waals surface area (Å²) < 4.78 is 0. The second kappa shape index (κ2) is 6.42. The van der Waals surface area contributed by atoms with Gasteiger partial charge in [-0.25, -0.2) is 0 Å². The Morgan fingerprint density at radius 2 is 1.04 bits per heavy atom. The molecule has 0 bridgehead atoms. The van der Waals surface area contributed by atoms with Crippen LogP contribution >= 0.6 is 0 Å². The predicted octanol–water partition coefficient (Wildman–Crippen LogP) is 4.92. The van der Waals surface area contributed by atoms with E-state index in [9.17, 15) is 0 Å². The van der Waals surface area contributed by atoms with Gasteiger partial charge in [0.05, 0.1) is 5.57 Å². The molecule has 24 heavy (non-hydrogen) atoms. The van der Waals surface area contributed by atoms with Crippen LogP contribution in [0.15, 0.2) is 96.2 Å². The molecule has 0 N–H and O–H groups in total. The second-order valence-corrected chi connectivity index (χ2v) is 5.40. The average Bonchev–Trinajstić information content (AvgIpc) is 2.69. The number of benzene rings is 3. The molecule has 0 radical (unpaired) electrons. The fraction of sp³-hybridized carbons (Fsp3) is 0. The Balaban J connectivity index is 1.95. The fourth-order valence-electron chi connectivity index (χ4n) is 2.74. The average molecular weight is 313 g/mol. The lowest BCUT2D eigenvalue weighted by atomic mass is 9.92. The third kappa shape index (κ3) is 2.68. The first kappa shape index (κ1) is 14.3. The van der Waals surface area contributed by atoms with Gasteiger partial charge >= 0.3 is 0 Å². The molecule has 0 amide bonds. The first-order valence-corrected chi connectivity index (χ1v) is 7.76. The van der Waals surface area contributed by atoms with Crippen molar-refractivity contribution in [2.45, 2.75) is 0 Å². The topological polar surface area (TPSA) is 30.8 Å². The van der Waals surface area contributed by atoms with Crippen molar-refractivity contribution in [3.63, 3.8) is 0 Å². The van der Waals surface area contributed by atoms with Crippen molar-refractivity contribution in [2.75, 3.05) is 0 Å². The van der Waals surface area contributed by atoms with Crippen molar-refractivity contribution in [1.82, 2.24) is 0 Å². The quantitative estimate of drug-likeness (QED) is 0.643. The van der Waals surface area contributed by atoms with Crippen LogP contribution in [-0.2, 0) is 9.88 Å². The highest BCUT2D eigenvalue weighted by molar-refractivity contribution is 6.36. The van der Waals surface area contributed by atoms with Gasteiger partial charge in [-0.05, 0) is 10.7 Å². The van der Waals surface area contributed by atoms with E-state index in [2.05, 4.69) is 5.16 Å². The maximum atomic E-state index is 5.47. The molecule has 0 saturated heterocycles. The third-order valence-electron chi connectivity index (χ3n) is 3.86. The number of allylic oxidation sites excluding steroid dienone is 1. The van der Waals surface area contributed by atoms with Crippen LogP contribution in [0.5, 0.6) is 0 Å². The zero-order chi connectivity index (χ0) is 16.2. The van der Waals surface area contributed by atoms with Gasteiger partial charge in [-0.2, -0.15) is 4.99 Å². The molecular formula is C21H15NO2. The molecular weight excluding hydrogens is 298 g/mol. The van der Waals surface area contributed by atoms with E-state index in [1.165, 1.54) is 0 Å². The van der Waals surface area contributed by atoms with E-state index in [1.54, 1.807) is 0 Å². The summed E-state index contributed by atoms with van der Waals surface area (Å²) in [6.07, 6.45) is 0. The van der Waals surface area contributed by atoms with Gasteiger partial charge in [0.1, 0.15) is 5.71 Å². The van der Waals surface area contributed by atoms with Crippen molar-refractivity contribution in [3.8, 4) is 0 Å². The zero-order valence-corrected chi connectivity index (χ0v) is 12.9. The predicted molar refractivity (Wildman–Crippen MR) is 94.8 cm³/mol. The van der Waals surface area contributed by atoms with Crippen LogP contribution in [-0.4, -0.2) is 5.71 Å². The monoisotopic (exact) mass is 313 g/mol. The Kier molecular flexibility index (Phi) is 3.82. The van der Waals surface area contributed by atoms with Gasteiger partial charge in [0.15, 0.2) is 5.76 Å². The molecule has 4 rings (SSSR count). The van der Waals surface area contributed by atoms with E-state index in [-0.39, 0.29) is 0 Å². The summed E-state index contributed by atoms with van der Waals surface area (Å²) in [7, 11) is 0. The molecule has 0 fully saturated rings. The summed E-state index contributed by atoms with van der Waals surface area (Å²) in [6, 6.07) is 30.0. The maximum absolute atomic E-state index is 5.47. The molecule has 1 aliphatic rings. The van der Waals surface area contributed by atoms with Crippen LogP contribution in [0.2, 0.25) is 0 Å². The van der Waals surface area contributed by atoms with Gasteiger partial charge in [0, 0.05) is 11.1 Å². The summed E-state index contributed by atoms with van der Waals surface area (Å²) >= 11 is 0. The minimum atomic E-state index is 0.663. The van der Waals surface area contributed by atoms with Crippen LogP contribution in [0.1, 0.15) is 16.7 Å². The highest BCUT2D eigenvalue weighted by Crippen LogP contribution is 2.33. The van der Waals surface area contributed by atoms with Crippen LogP contribution in [0.3, 0.4) is 0 Å². The molecule has 0 unspecified atom stereocenters. The second-order valence-electron chi connectivity index (χ2n) is 5.40. The summed E-state index contributed by atoms with van der Waals surface area (Å²) in [5.74, 6) is 0.663. The summed E-state index contributed by atoms with van der Waals surface area (Å²) in [4.78, 5) is 10.6. The van der Waals surface area contributed by atoms with Crippen molar-refractivity contribution in [2.24, 2.45) is 5.16 Å². The van der Waals surface area contributed by atoms with E-state index in [4.69, 9.17) is 9.88 Å². The summed E-state index contributed by atoms with van der Waals surface area (Å²) in [5, 5.41) is 4.17. The number of hydrogen-bond donors (Lipinski definition) is 0. The van der Waals surface area contributed by atoms with Gasteiger partial charge in [-0.15, -0.1) is 0 Å². The smallest absolute Gasteiger partial charge is 0.198 e. The van der Waals surface area contributed by atoms with Crippen molar-refractivity contribution >= 4 is 17.0 Å². The van der Waals surface area contributed by atoms with Gasteiger partial charge in [0.25, 0.3) is 0 Å². The molecule has 0 spiro atoms. The zero-order valence-electron chi connectivity index (χ0n) is 12.9. The van der Waals surface area contributed by atoms with Crippen LogP contribution < -0.4 is 0 Å². The van der Waals surface area contributed by atoms with E-state index < -0.39 is 0 Å². The van der Waals surface area contributed by atoms with Crippen molar-refractivity contribution in [3.05, 3.63) is 108 Å². The summed E-state index contributed by atoms with van der Waals surface area (Å²) in [5.41, 5.74) is 4.63. The lowest BCUT2D eigenvalue weighted by Gasteiger charge is -2.20. The Hall–Kier alpha value is -3.33. The first-order valence-electron chi connectivity index (χ1n) is 7.76. The molecule has 1 aliphatic heterocycles. The number of nitrogens with zero attached hydrogens (tertiary/aromatic N) is 1. The molecule has 0 atom stereocenters. The molecule has 3 aromatic rings. The van der Waals surface area contributed by atoms with Gasteiger partial charge < -0.3 is 0 Å². The van der Waals surface area contributed by atoms with E-state index in [0.29, 0.717) is 5.76 Å². The van der Waals surface area contributed by atoms with Gasteiger partial charge in [-0.1, -0.05) is 91.0 Å². The highest BCUT2D eigenvalue weighted by atomic mass is 17.3. The van der Waals surface area contributed by atoms with Crippen LogP contribution in [0, 0.1) is 0 Å². The molecule has 0 aromatic heterocycles. The number of oxime groups is 1. The number of hydrogen-bond acceptors (Lipinski definition) is 3. The molecule has 116 valence electrons. The maximum Gasteiger partial charge on any atom is 0.198 e. The Morgan fingerprint density at radius 1 is 0.542 bits per heavy atom. The third-order valence-corrected chi connectivity index (χ3v) is 3.86. The minimum Gasteiger partial charge on any atom is -0.266 e. The van der Waals surface area contributed by atoms with Gasteiger partial charge in [-0.3, -0.25) is 4.89 Å². The first-order chi connectivity index (χ1) is 11.9. The van der Waals surface area contributed by atoms with Crippen molar-refractivity contribution in [1.29, 1.82) is 0 Å². The molecule has 3 heteroatoms. The Labute approximate surface area is 140 Å². The Morgan fingerprint density at radius 3 is 1.62 bits per heavy atom. The molecule has 3 nitrogen and oxygen atoms in total. The normalized spacial score (nSPS) is 13.8. The molecule has 1 heterocycles. The van der Waals surface area contributed by atoms with E-state index in [1.807, 2.05) is 91.0 Å². The molecule has 3 aromatic carbocycles.